The van der Waals surface area contributed by atoms with Gasteiger partial charge in [0.15, 0.2) is 0 Å². The van der Waals surface area contributed by atoms with Gasteiger partial charge >= 0.3 is 37.7 Å². The molecule has 5 heteroatoms. The van der Waals surface area contributed by atoms with Gasteiger partial charge in [0.1, 0.15) is 0 Å². The van der Waals surface area contributed by atoms with E-state index in [1.165, 1.54) is 0 Å². The third kappa shape index (κ3) is 149. The molecule has 0 aliphatic carbocycles. The summed E-state index contributed by atoms with van der Waals surface area (Å²) in [4.78, 5) is 9.00. The van der Waals surface area contributed by atoms with Crippen LogP contribution in [0.3, 0.4) is 0 Å². The molecule has 0 radical (unpaired) electrons. The summed E-state index contributed by atoms with van der Waals surface area (Å²) < 4.78 is 0. The normalized spacial score (nSPS) is 3.57. The molecule has 7 heavy (non-hydrogen) atoms. The number of carboxylic acid groups (broad SMARTS) is 1. The van der Waals surface area contributed by atoms with E-state index in [2.05, 4.69) is 0 Å². The first-order chi connectivity index (χ1) is 1.73. The van der Waals surface area contributed by atoms with Gasteiger partial charge in [-0.15, -0.1) is 0 Å². The molecule has 0 rings (SSSR count). The van der Waals surface area contributed by atoms with Crippen LogP contribution >= 0.6 is 9.90 Å². The summed E-state index contributed by atoms with van der Waals surface area (Å²) in [5.41, 5.74) is 0. The van der Waals surface area contributed by atoms with E-state index in [4.69, 9.17) is 9.90 Å². The van der Waals surface area contributed by atoms with E-state index < -0.39 is 5.97 Å². The first-order valence-corrected chi connectivity index (χ1v) is 0.928. The van der Waals surface area contributed by atoms with Gasteiger partial charge in [0.2, 0.25) is 0 Å². The van der Waals surface area contributed by atoms with Crippen molar-refractivity contribution < 1.29 is 15.4 Å². The average Bonchev–Trinajstić information content (AvgIpc) is 0.811. The Morgan fingerprint density at radius 2 is 1.57 bits per heavy atom. The van der Waals surface area contributed by atoms with Crippen LogP contribution < -0.4 is 0 Å². The topological polar surface area (TPSA) is 68.8 Å². The first kappa shape index (κ1) is 24.3. The van der Waals surface area contributed by atoms with Gasteiger partial charge in [-0.05, 0) is 0 Å². The second-order valence-electron chi connectivity index (χ2n) is 0.519. The van der Waals surface area contributed by atoms with Crippen LogP contribution in [0.1, 0.15) is 6.92 Å². The van der Waals surface area contributed by atoms with Crippen molar-refractivity contribution in [3.8, 4) is 0 Å². The molecule has 0 aromatic rings. The summed E-state index contributed by atoms with van der Waals surface area (Å²) in [6, 6.07) is 0. The van der Waals surface area contributed by atoms with E-state index in [1.54, 1.807) is 0 Å². The molecule has 0 aliphatic rings. The molecule has 3 N–H and O–H groups in total. The zero-order valence-electron chi connectivity index (χ0n) is 3.56. The van der Waals surface area contributed by atoms with Crippen LogP contribution in [-0.2, 0) is 4.79 Å². The summed E-state index contributed by atoms with van der Waals surface area (Å²) in [7, 11) is 0. The van der Waals surface area contributed by atoms with E-state index in [1.807, 2.05) is 0 Å². The molecule has 0 fully saturated rings. The van der Waals surface area contributed by atoms with Crippen molar-refractivity contribution in [1.29, 1.82) is 0 Å². The van der Waals surface area contributed by atoms with Gasteiger partial charge in [0.25, 0.3) is 5.97 Å². The Hall–Kier alpha value is 1.12. The summed E-state index contributed by atoms with van der Waals surface area (Å²) in [5.74, 6) is -0.833. The van der Waals surface area contributed by atoms with Crippen molar-refractivity contribution in [2.75, 3.05) is 0 Å². The van der Waals surface area contributed by atoms with Crippen LogP contribution in [0.5, 0.6) is 0 Å². The maximum absolute atomic E-state index is 9.00. The van der Waals surface area contributed by atoms with E-state index in [0.717, 1.165) is 6.92 Å². The van der Waals surface area contributed by atoms with Crippen LogP contribution in [0, 0.1) is 0 Å². The number of carbonyl (C=O) groups is 1. The fourth-order valence-electron chi connectivity index (χ4n) is 0. The number of hydrogen-bond donors (Lipinski definition) is 1. The van der Waals surface area contributed by atoms with Gasteiger partial charge in [-0.2, -0.15) is 9.90 Å². The Labute approximate surface area is 75.4 Å². The average molecular weight is 154 g/mol. The Morgan fingerprint density at radius 1 is 1.57 bits per heavy atom. The second-order valence-corrected chi connectivity index (χ2v) is 0.519. The van der Waals surface area contributed by atoms with Crippen molar-refractivity contribution in [2.24, 2.45) is 0 Å². The molecule has 1 atom stereocenters. The maximum atomic E-state index is 9.00. The predicted molar refractivity (Wildman–Crippen MR) is 36.6 cm³/mol. The Kier molecular flexibility index (Phi) is 54.4. The van der Waals surface area contributed by atoms with E-state index in [9.17, 15) is 0 Å². The summed E-state index contributed by atoms with van der Waals surface area (Å²) in [6.45, 7) is 1.08. The molecule has 0 saturated heterocycles. The monoisotopic (exact) mass is 154 g/mol. The first-order valence-electron chi connectivity index (χ1n) is 0.928. The summed E-state index contributed by atoms with van der Waals surface area (Å²) in [5, 5.41) is 7.42. The molecule has 0 heterocycles. The molecule has 1 unspecified atom stereocenters. The molecule has 0 bridgehead atoms. The van der Waals surface area contributed by atoms with Crippen molar-refractivity contribution in [2.45, 2.75) is 6.92 Å². The molecule has 0 aliphatic heterocycles. The van der Waals surface area contributed by atoms with Crippen molar-refractivity contribution in [3.63, 3.8) is 0 Å². The standard InChI is InChI=1S/C2H4O2.Ca.H2O.H3P.2H/c1-2(3)4;;;;;/h1H3,(H,3,4);;1H2;1H3;;. The quantitative estimate of drug-likeness (QED) is 0.337. The third-order valence-electron chi connectivity index (χ3n) is 0. The predicted octanol–water partition coefficient (Wildman–Crippen LogP) is -1.59. The third-order valence-corrected chi connectivity index (χ3v) is 0. The molecule has 44 valence electrons. The van der Waals surface area contributed by atoms with Gasteiger partial charge in [-0.3, -0.25) is 4.79 Å². The number of carboxylic acids is 1. The van der Waals surface area contributed by atoms with Gasteiger partial charge in [0.05, 0.1) is 0 Å². The van der Waals surface area contributed by atoms with Crippen molar-refractivity contribution in [1.82, 2.24) is 0 Å². The Morgan fingerprint density at radius 3 is 1.57 bits per heavy atom. The van der Waals surface area contributed by atoms with Crippen LogP contribution in [0.25, 0.3) is 0 Å². The van der Waals surface area contributed by atoms with E-state index in [0.29, 0.717) is 0 Å². The SMILES string of the molecule is CC(=O)O.O.P.[CaH2]. The van der Waals surface area contributed by atoms with Gasteiger partial charge in [-0.1, -0.05) is 0 Å². The minimum atomic E-state index is -0.833. The summed E-state index contributed by atoms with van der Waals surface area (Å²) >= 11 is 0. The van der Waals surface area contributed by atoms with Crippen LogP contribution in [0.15, 0.2) is 0 Å². The zero-order valence-corrected chi connectivity index (χ0v) is 4.98. The molecule has 0 spiro atoms. The van der Waals surface area contributed by atoms with Crippen LogP contribution in [0.2, 0.25) is 0 Å². The molecular formula is C2H11CaO3P. The van der Waals surface area contributed by atoms with Crippen molar-refractivity contribution >= 4 is 53.6 Å². The minimum absolute atomic E-state index is 0. The van der Waals surface area contributed by atoms with Crippen LogP contribution in [-0.4, -0.2) is 54.3 Å². The Balaban J connectivity index is -0.0000000150. The van der Waals surface area contributed by atoms with E-state index in [-0.39, 0.29) is 53.1 Å². The molecule has 0 aromatic heterocycles. The fraction of sp³-hybridized carbons (Fsp3) is 0.500. The summed E-state index contributed by atoms with van der Waals surface area (Å²) in [6.07, 6.45) is 0. The van der Waals surface area contributed by atoms with Gasteiger partial charge < -0.3 is 10.6 Å². The van der Waals surface area contributed by atoms with Crippen LogP contribution in [0.4, 0.5) is 0 Å². The molecule has 0 amide bonds. The van der Waals surface area contributed by atoms with Crippen molar-refractivity contribution in [3.05, 3.63) is 0 Å². The number of rotatable bonds is 0. The van der Waals surface area contributed by atoms with Gasteiger partial charge in [0, 0.05) is 6.92 Å². The molecule has 0 saturated carbocycles. The fourth-order valence-corrected chi connectivity index (χ4v) is 0. The molecular weight excluding hydrogens is 143 g/mol. The number of aliphatic carboxylic acids is 1. The Bertz CT molecular complexity index is 35.9. The molecule has 3 nitrogen and oxygen atoms in total. The van der Waals surface area contributed by atoms with E-state index >= 15 is 0 Å². The van der Waals surface area contributed by atoms with Gasteiger partial charge in [-0.25, -0.2) is 0 Å². The zero-order chi connectivity index (χ0) is 3.58. The number of hydrogen-bond acceptors (Lipinski definition) is 1. The molecule has 0 aromatic carbocycles. The second kappa shape index (κ2) is 15.7.